The van der Waals surface area contributed by atoms with Gasteiger partial charge < -0.3 is 14.6 Å². The van der Waals surface area contributed by atoms with Crippen molar-refractivity contribution < 1.29 is 14.3 Å². The van der Waals surface area contributed by atoms with Gasteiger partial charge in [-0.3, -0.25) is 4.79 Å². The molecular formula is C18H19BrN2O3. The molecule has 1 heterocycles. The molecule has 0 unspecified atom stereocenters. The Morgan fingerprint density at radius 3 is 2.92 bits per heavy atom. The number of carbonyl (C=O) groups excluding carboxylic acids is 2. The Kier molecular flexibility index (Phi) is 5.04. The van der Waals surface area contributed by atoms with Gasteiger partial charge in [0, 0.05) is 33.8 Å². The van der Waals surface area contributed by atoms with E-state index in [4.69, 9.17) is 4.74 Å². The quantitative estimate of drug-likeness (QED) is 0.784. The van der Waals surface area contributed by atoms with Crippen LogP contribution < -0.4 is 0 Å². The number of aromatic nitrogens is 1. The van der Waals surface area contributed by atoms with Gasteiger partial charge in [0.1, 0.15) is 0 Å². The van der Waals surface area contributed by atoms with Gasteiger partial charge in [0.25, 0.3) is 5.91 Å². The first-order chi connectivity index (χ1) is 11.6. The summed E-state index contributed by atoms with van der Waals surface area (Å²) in [6.45, 7) is 2.27. The number of amides is 1. The largest absolute Gasteiger partial charge is 0.452 e. The highest BCUT2D eigenvalue weighted by molar-refractivity contribution is 9.10. The van der Waals surface area contributed by atoms with Crippen LogP contribution in [0.2, 0.25) is 0 Å². The van der Waals surface area contributed by atoms with Gasteiger partial charge in [0.2, 0.25) is 0 Å². The molecule has 1 aliphatic carbocycles. The van der Waals surface area contributed by atoms with Crippen molar-refractivity contribution in [1.82, 2.24) is 9.88 Å². The third-order valence-corrected chi connectivity index (χ3v) is 4.66. The van der Waals surface area contributed by atoms with E-state index in [1.165, 1.54) is 0 Å². The topological polar surface area (TPSA) is 62.4 Å². The molecule has 0 fully saturated rings. The van der Waals surface area contributed by atoms with Crippen molar-refractivity contribution in [2.45, 2.75) is 26.2 Å². The Bertz CT molecular complexity index is 810. The van der Waals surface area contributed by atoms with E-state index >= 15 is 0 Å². The average Bonchev–Trinajstić information content (AvgIpc) is 3.22. The molecule has 3 rings (SSSR count). The van der Waals surface area contributed by atoms with Gasteiger partial charge in [-0.25, -0.2) is 4.79 Å². The monoisotopic (exact) mass is 390 g/mol. The minimum Gasteiger partial charge on any atom is -0.452 e. The second kappa shape index (κ2) is 7.21. The van der Waals surface area contributed by atoms with E-state index in [1.807, 2.05) is 25.1 Å². The van der Waals surface area contributed by atoms with Crippen LogP contribution in [0, 0.1) is 0 Å². The Labute approximate surface area is 148 Å². The predicted octanol–water partition coefficient (Wildman–Crippen LogP) is 4.00. The fourth-order valence-corrected chi connectivity index (χ4v) is 3.34. The van der Waals surface area contributed by atoms with Gasteiger partial charge in [-0.15, -0.1) is 0 Å². The highest BCUT2D eigenvalue weighted by Crippen LogP contribution is 2.24. The molecule has 24 heavy (non-hydrogen) atoms. The van der Waals surface area contributed by atoms with E-state index in [0.29, 0.717) is 12.1 Å². The lowest BCUT2D eigenvalue weighted by Gasteiger charge is -2.22. The molecule has 5 nitrogen and oxygen atoms in total. The van der Waals surface area contributed by atoms with Crippen molar-refractivity contribution >= 4 is 38.7 Å². The van der Waals surface area contributed by atoms with Crippen molar-refractivity contribution in [3.8, 4) is 0 Å². The van der Waals surface area contributed by atoms with Crippen LogP contribution in [-0.4, -0.2) is 34.9 Å². The zero-order valence-corrected chi connectivity index (χ0v) is 15.1. The van der Waals surface area contributed by atoms with Crippen molar-refractivity contribution in [2.24, 2.45) is 0 Å². The normalized spacial score (nSPS) is 13.8. The summed E-state index contributed by atoms with van der Waals surface area (Å²) in [6.07, 6.45) is 6.68. The summed E-state index contributed by atoms with van der Waals surface area (Å²) in [5.41, 5.74) is 2.32. The van der Waals surface area contributed by atoms with Crippen molar-refractivity contribution in [3.05, 3.63) is 46.2 Å². The van der Waals surface area contributed by atoms with E-state index in [0.717, 1.165) is 40.3 Å². The number of esters is 1. The first-order valence-electron chi connectivity index (χ1n) is 8.03. The average molecular weight is 391 g/mol. The molecule has 0 aliphatic heterocycles. The maximum absolute atomic E-state index is 12.3. The lowest BCUT2D eigenvalue weighted by atomic mass is 10.2. The summed E-state index contributed by atoms with van der Waals surface area (Å²) in [5, 5.41) is 0.771. The summed E-state index contributed by atoms with van der Waals surface area (Å²) >= 11 is 3.40. The number of H-pyrrole nitrogens is 1. The second-order valence-corrected chi connectivity index (χ2v) is 6.61. The lowest BCUT2D eigenvalue weighted by Crippen LogP contribution is -2.33. The minimum atomic E-state index is -0.496. The Morgan fingerprint density at radius 1 is 1.38 bits per heavy atom. The molecule has 6 heteroatoms. The molecule has 126 valence electrons. The summed E-state index contributed by atoms with van der Waals surface area (Å²) in [5.74, 6) is -0.677. The number of aromatic amines is 1. The van der Waals surface area contributed by atoms with Crippen LogP contribution in [0.5, 0.6) is 0 Å². The number of benzene rings is 1. The predicted molar refractivity (Wildman–Crippen MR) is 95.6 cm³/mol. The van der Waals surface area contributed by atoms with E-state index in [2.05, 4.69) is 27.0 Å². The van der Waals surface area contributed by atoms with Crippen LogP contribution in [0.15, 0.2) is 40.6 Å². The highest BCUT2D eigenvalue weighted by Gasteiger charge is 2.21. The molecule has 0 bridgehead atoms. The van der Waals surface area contributed by atoms with Gasteiger partial charge in [-0.1, -0.05) is 22.0 Å². The Morgan fingerprint density at radius 2 is 2.21 bits per heavy atom. The molecular weight excluding hydrogens is 372 g/mol. The first-order valence-corrected chi connectivity index (χ1v) is 8.82. The molecule has 0 saturated carbocycles. The number of fused-ring (bicyclic) bond motifs is 1. The summed E-state index contributed by atoms with van der Waals surface area (Å²) in [4.78, 5) is 29.4. The molecule has 0 spiro atoms. The van der Waals surface area contributed by atoms with Crippen molar-refractivity contribution in [1.29, 1.82) is 0 Å². The minimum absolute atomic E-state index is 0.181. The number of hydrogen-bond donors (Lipinski definition) is 1. The van der Waals surface area contributed by atoms with Gasteiger partial charge in [0.05, 0.1) is 5.56 Å². The summed E-state index contributed by atoms with van der Waals surface area (Å²) in [7, 11) is 0. The molecule has 1 aromatic heterocycles. The number of carbonyl (C=O) groups is 2. The Hall–Kier alpha value is -2.08. The zero-order chi connectivity index (χ0) is 17.1. The number of likely N-dealkylation sites (N-methyl/N-ethyl adjacent to an activating group) is 1. The zero-order valence-electron chi connectivity index (χ0n) is 13.5. The molecule has 2 aromatic rings. The number of allylic oxidation sites excluding steroid dienone is 2. The third kappa shape index (κ3) is 3.38. The van der Waals surface area contributed by atoms with E-state index in [-0.39, 0.29) is 12.5 Å². The van der Waals surface area contributed by atoms with Gasteiger partial charge in [0.15, 0.2) is 6.61 Å². The van der Waals surface area contributed by atoms with Crippen molar-refractivity contribution in [2.75, 3.05) is 13.2 Å². The fraction of sp³-hybridized carbons (Fsp3) is 0.333. The van der Waals surface area contributed by atoms with Crippen molar-refractivity contribution in [3.63, 3.8) is 0 Å². The van der Waals surface area contributed by atoms with E-state index in [9.17, 15) is 9.59 Å². The molecule has 0 radical (unpaired) electrons. The van der Waals surface area contributed by atoms with E-state index < -0.39 is 5.97 Å². The smallest absolute Gasteiger partial charge is 0.340 e. The van der Waals surface area contributed by atoms with Crippen LogP contribution in [0.3, 0.4) is 0 Å². The van der Waals surface area contributed by atoms with Crippen LogP contribution in [-0.2, 0) is 9.53 Å². The number of nitrogens with one attached hydrogen (secondary N) is 1. The van der Waals surface area contributed by atoms with Gasteiger partial charge in [-0.2, -0.15) is 0 Å². The standard InChI is InChI=1S/C18H19BrN2O3/c1-2-21(13-5-3-4-6-13)17(22)11-24-18(23)15-10-20-16-8-7-12(19)9-14(15)16/h5,7-10,20H,2-4,6,11H2,1H3. The second-order valence-electron chi connectivity index (χ2n) is 5.69. The molecule has 1 N–H and O–H groups in total. The SMILES string of the molecule is CCN(C(=O)COC(=O)c1c[nH]c2ccc(Br)cc12)C1=CCCC1. The molecule has 1 aromatic carbocycles. The Balaban J connectivity index is 1.68. The lowest BCUT2D eigenvalue weighted by molar-refractivity contribution is -0.132. The van der Waals surface area contributed by atoms with Gasteiger partial charge in [-0.05, 0) is 44.4 Å². The van der Waals surface area contributed by atoms with Crippen LogP contribution in [0.1, 0.15) is 36.5 Å². The summed E-state index contributed by atoms with van der Waals surface area (Å²) < 4.78 is 6.13. The van der Waals surface area contributed by atoms with Crippen LogP contribution >= 0.6 is 15.9 Å². The molecule has 0 atom stereocenters. The number of hydrogen-bond acceptors (Lipinski definition) is 3. The van der Waals surface area contributed by atoms with Crippen LogP contribution in [0.25, 0.3) is 10.9 Å². The summed E-state index contributed by atoms with van der Waals surface area (Å²) in [6, 6.07) is 5.63. The molecule has 0 saturated heterocycles. The number of halogens is 1. The number of ether oxygens (including phenoxy) is 1. The molecule has 1 aliphatic rings. The van der Waals surface area contributed by atoms with E-state index in [1.54, 1.807) is 11.1 Å². The molecule has 1 amide bonds. The first kappa shape index (κ1) is 16.8. The number of rotatable bonds is 5. The highest BCUT2D eigenvalue weighted by atomic mass is 79.9. The maximum atomic E-state index is 12.3. The fourth-order valence-electron chi connectivity index (χ4n) is 2.98. The van der Waals surface area contributed by atoms with Crippen LogP contribution in [0.4, 0.5) is 0 Å². The van der Waals surface area contributed by atoms with Gasteiger partial charge >= 0.3 is 5.97 Å². The maximum Gasteiger partial charge on any atom is 0.340 e. The third-order valence-electron chi connectivity index (χ3n) is 4.17. The number of nitrogens with zero attached hydrogens (tertiary/aromatic N) is 1.